The summed E-state index contributed by atoms with van der Waals surface area (Å²) in [5, 5.41) is 25.5. The van der Waals surface area contributed by atoms with Crippen LogP contribution in [0.25, 0.3) is 22.3 Å². The summed E-state index contributed by atoms with van der Waals surface area (Å²) in [6.45, 7) is -8.36. The van der Waals surface area contributed by atoms with Crippen molar-refractivity contribution in [3.63, 3.8) is 0 Å². The van der Waals surface area contributed by atoms with E-state index in [1.807, 2.05) is 0 Å². The Balaban J connectivity index is 1.18. The van der Waals surface area contributed by atoms with Crippen LogP contribution in [0.3, 0.4) is 0 Å². The van der Waals surface area contributed by atoms with Crippen molar-refractivity contribution in [2.24, 2.45) is 5.92 Å². The van der Waals surface area contributed by atoms with E-state index in [0.29, 0.717) is 0 Å². The first-order chi connectivity index (χ1) is 21.7. The number of aliphatic hydroxyl groups is 2. The maximum absolute atomic E-state index is 12.3. The fourth-order valence-corrected chi connectivity index (χ4v) is 9.69. The second kappa shape index (κ2) is 11.4. The molecule has 3 fully saturated rings. The van der Waals surface area contributed by atoms with Crippen molar-refractivity contribution in [3.8, 4) is 0 Å². The number of aliphatic hydroxyl groups excluding tert-OH is 2. The fourth-order valence-electron chi connectivity index (χ4n) is 5.85. The van der Waals surface area contributed by atoms with E-state index >= 15 is 0 Å². The van der Waals surface area contributed by atoms with Gasteiger partial charge in [-0.15, -0.1) is 0 Å². The van der Waals surface area contributed by atoms with Crippen molar-refractivity contribution >= 4 is 71.0 Å². The van der Waals surface area contributed by atoms with Gasteiger partial charge in [-0.3, -0.25) is 28.7 Å². The standard InChI is InChI=1S/C21H27N11O10P2S2/c22-20-26-14-10(16(35)28-20)24-4-31(14)18-12(33)6-3-43(37,45)39-2-8-9(30-44(38,46)40-1-7(6)41-18)13(34)19(42-8)32-5-25-11-15(32)27-21(23)29-17(11)36/h4-9,12-13,18-19,33-34H,1-3H2,(H,37,45)(H2,30,38,46)(H3,22,26,28,35)(H3,23,27,29,36)/t6-,7-,8-,9-,12-,13-,18-,19-,43?,44?/m1/s1. The van der Waals surface area contributed by atoms with Crippen LogP contribution in [0.15, 0.2) is 22.2 Å². The van der Waals surface area contributed by atoms with Gasteiger partial charge in [0, 0.05) is 12.1 Å². The van der Waals surface area contributed by atoms with Crippen LogP contribution in [0.5, 0.6) is 0 Å². The van der Waals surface area contributed by atoms with Crippen molar-refractivity contribution in [2.75, 3.05) is 30.8 Å². The number of rotatable bonds is 2. The number of hydrogen-bond acceptors (Lipinski definition) is 16. The van der Waals surface area contributed by atoms with E-state index in [1.165, 1.54) is 21.8 Å². The number of ether oxygens (including phenoxy) is 2. The maximum Gasteiger partial charge on any atom is 0.280 e. The predicted molar refractivity (Wildman–Crippen MR) is 165 cm³/mol. The summed E-state index contributed by atoms with van der Waals surface area (Å²) in [4.78, 5) is 68.0. The van der Waals surface area contributed by atoms with Gasteiger partial charge in [0.15, 0.2) is 41.3 Å². The molecule has 25 heteroatoms. The Bertz CT molecular complexity index is 1910. The van der Waals surface area contributed by atoms with Gasteiger partial charge in [-0.1, -0.05) is 0 Å². The number of H-pyrrole nitrogens is 2. The van der Waals surface area contributed by atoms with Crippen LogP contribution < -0.4 is 27.7 Å². The van der Waals surface area contributed by atoms with Crippen LogP contribution in [0.2, 0.25) is 0 Å². The lowest BCUT2D eigenvalue weighted by Gasteiger charge is -2.31. The Morgan fingerprint density at radius 2 is 1.37 bits per heavy atom. The number of hydrogen-bond donors (Lipinski definition) is 9. The molecule has 0 bridgehead atoms. The van der Waals surface area contributed by atoms with Gasteiger partial charge in [-0.25, -0.2) is 15.1 Å². The molecule has 248 valence electrons. The van der Waals surface area contributed by atoms with Crippen molar-refractivity contribution in [1.29, 1.82) is 0 Å². The zero-order valence-electron chi connectivity index (χ0n) is 23.2. The van der Waals surface area contributed by atoms with Gasteiger partial charge < -0.3 is 50.0 Å². The minimum Gasteiger partial charge on any atom is -0.388 e. The molecular weight excluding hydrogens is 692 g/mol. The van der Waals surface area contributed by atoms with Gasteiger partial charge in [-0.2, -0.15) is 9.97 Å². The maximum atomic E-state index is 12.3. The molecule has 0 radical (unpaired) electrons. The first-order valence-corrected chi connectivity index (χ1v) is 19.1. The zero-order chi connectivity index (χ0) is 32.7. The Kier molecular flexibility index (Phi) is 7.91. The molecule has 2 unspecified atom stereocenters. The van der Waals surface area contributed by atoms with Gasteiger partial charge >= 0.3 is 0 Å². The quantitative estimate of drug-likeness (QED) is 0.0937. The third-order valence-electron chi connectivity index (χ3n) is 7.96. The average molecular weight is 720 g/mol. The van der Waals surface area contributed by atoms with E-state index in [4.69, 9.17) is 53.6 Å². The molecule has 11 N–H and O–H groups in total. The molecule has 3 saturated heterocycles. The molecule has 4 aromatic rings. The van der Waals surface area contributed by atoms with Crippen molar-refractivity contribution < 1.29 is 38.5 Å². The SMILES string of the molecule is Nc1nc2c(ncn2[C@@H]2O[C@@H]3COP(O)(=S)N[C@H]4[C@@H](O)[C@H](n5cnc6c(=O)[nH]c(N)nc65)O[C@@H]4COP(O)(=S)C[C@H]3[C@H]2O)c(=O)[nH]1. The van der Waals surface area contributed by atoms with Gasteiger partial charge in [0.2, 0.25) is 11.9 Å². The van der Waals surface area contributed by atoms with Crippen molar-refractivity contribution in [1.82, 2.24) is 44.1 Å². The Hall–Kier alpha value is -2.76. The molecule has 10 atom stereocenters. The fraction of sp³-hybridized carbons (Fsp3) is 0.524. The summed E-state index contributed by atoms with van der Waals surface area (Å²) < 4.78 is 26.3. The third kappa shape index (κ3) is 5.60. The molecule has 0 spiro atoms. The monoisotopic (exact) mass is 719 g/mol. The molecule has 0 aliphatic carbocycles. The lowest BCUT2D eigenvalue weighted by molar-refractivity contribution is -0.0470. The molecule has 21 nitrogen and oxygen atoms in total. The molecule has 3 aliphatic heterocycles. The minimum absolute atomic E-state index is 0.0252. The van der Waals surface area contributed by atoms with Crippen molar-refractivity contribution in [2.45, 2.75) is 42.9 Å². The van der Waals surface area contributed by atoms with Gasteiger partial charge in [0.25, 0.3) is 17.8 Å². The molecule has 0 amide bonds. The molecule has 46 heavy (non-hydrogen) atoms. The zero-order valence-corrected chi connectivity index (χ0v) is 26.6. The number of nitrogens with one attached hydrogen (secondary N) is 3. The summed E-state index contributed by atoms with van der Waals surface area (Å²) >= 11 is 10.8. The Morgan fingerprint density at radius 3 is 1.96 bits per heavy atom. The summed E-state index contributed by atoms with van der Waals surface area (Å²) in [6, 6.07) is -1.13. The van der Waals surface area contributed by atoms with Gasteiger partial charge in [0.05, 0.1) is 38.0 Å². The topological polar surface area (TPSA) is 309 Å². The highest BCUT2D eigenvalue weighted by Gasteiger charge is 2.51. The number of nitrogens with two attached hydrogens (primary N) is 2. The summed E-state index contributed by atoms with van der Waals surface area (Å²) in [6.07, 6.45) is -5.02. The Labute approximate surface area is 266 Å². The van der Waals surface area contributed by atoms with Crippen LogP contribution in [-0.2, 0) is 42.1 Å². The van der Waals surface area contributed by atoms with Crippen LogP contribution in [0, 0.1) is 5.92 Å². The second-order valence-corrected chi connectivity index (χ2v) is 17.6. The summed E-state index contributed by atoms with van der Waals surface area (Å²) in [5.41, 5.74) is 10.2. The predicted octanol–water partition coefficient (Wildman–Crippen LogP) is -2.93. The highest BCUT2D eigenvalue weighted by atomic mass is 32.5. The van der Waals surface area contributed by atoms with Crippen molar-refractivity contribution in [3.05, 3.63) is 33.4 Å². The second-order valence-electron chi connectivity index (χ2n) is 10.9. The highest BCUT2D eigenvalue weighted by molar-refractivity contribution is 8.09. The minimum atomic E-state index is -3.91. The van der Waals surface area contributed by atoms with Crippen LogP contribution in [0.1, 0.15) is 12.5 Å². The molecule has 4 aromatic heterocycles. The number of nitrogen functional groups attached to an aromatic ring is 2. The molecule has 0 aromatic carbocycles. The normalized spacial score (nSPS) is 37.1. The number of nitrogens with zero attached hydrogens (tertiary/aromatic N) is 6. The van der Waals surface area contributed by atoms with E-state index in [1.54, 1.807) is 0 Å². The summed E-state index contributed by atoms with van der Waals surface area (Å²) in [7, 11) is 0. The largest absolute Gasteiger partial charge is 0.388 e. The molecule has 7 heterocycles. The van der Waals surface area contributed by atoms with Gasteiger partial charge in [-0.05, 0) is 23.6 Å². The van der Waals surface area contributed by atoms with E-state index in [2.05, 4.69) is 35.0 Å². The van der Waals surface area contributed by atoms with Crippen LogP contribution >= 0.6 is 13.1 Å². The highest BCUT2D eigenvalue weighted by Crippen LogP contribution is 2.52. The summed E-state index contributed by atoms with van der Waals surface area (Å²) in [5.74, 6) is -1.27. The van der Waals surface area contributed by atoms with E-state index in [-0.39, 0.29) is 53.6 Å². The van der Waals surface area contributed by atoms with Crippen LogP contribution in [-0.4, -0.2) is 109 Å². The number of aromatic nitrogens is 8. The molecule has 3 aliphatic rings. The number of imidazole rings is 2. The molecular formula is C21H27N11O10P2S2. The smallest absolute Gasteiger partial charge is 0.280 e. The van der Waals surface area contributed by atoms with Crippen LogP contribution in [0.4, 0.5) is 11.9 Å². The van der Waals surface area contributed by atoms with E-state index in [0.717, 1.165) is 0 Å². The average Bonchev–Trinajstić information content (AvgIpc) is 3.72. The first-order valence-electron chi connectivity index (χ1n) is 13.5. The number of fused-ring (bicyclic) bond motifs is 4. The van der Waals surface area contributed by atoms with E-state index in [9.17, 15) is 29.6 Å². The first kappa shape index (κ1) is 31.8. The number of anilines is 2. The Morgan fingerprint density at radius 1 is 0.848 bits per heavy atom. The van der Waals surface area contributed by atoms with E-state index < -0.39 is 73.1 Å². The molecule has 7 rings (SSSR count). The molecule has 0 saturated carbocycles. The van der Waals surface area contributed by atoms with Gasteiger partial charge in [0.1, 0.15) is 18.3 Å². The number of aromatic amines is 2. The lowest BCUT2D eigenvalue weighted by Crippen LogP contribution is -2.45. The third-order valence-corrected chi connectivity index (χ3v) is 11.9. The lowest BCUT2D eigenvalue weighted by atomic mass is 10.0.